The second-order valence-corrected chi connectivity index (χ2v) is 7.32. The number of rotatable bonds is 3. The lowest BCUT2D eigenvalue weighted by atomic mass is 9.77. The van der Waals surface area contributed by atoms with Crippen molar-refractivity contribution in [3.63, 3.8) is 0 Å². The van der Waals surface area contributed by atoms with Crippen LogP contribution in [0.3, 0.4) is 0 Å². The van der Waals surface area contributed by atoms with Crippen LogP contribution in [0.5, 0.6) is 0 Å². The van der Waals surface area contributed by atoms with Gasteiger partial charge < -0.3 is 9.80 Å². The predicted octanol–water partition coefficient (Wildman–Crippen LogP) is 2.57. The van der Waals surface area contributed by atoms with Crippen molar-refractivity contribution < 1.29 is 0 Å². The number of piperidine rings is 1. The van der Waals surface area contributed by atoms with Crippen LogP contribution < -0.4 is 4.90 Å². The second-order valence-electron chi connectivity index (χ2n) is 7.32. The number of nitrogens with zero attached hydrogens (tertiary/aromatic N) is 4. The van der Waals surface area contributed by atoms with Crippen LogP contribution in [-0.2, 0) is 0 Å². The van der Waals surface area contributed by atoms with Gasteiger partial charge in [0.05, 0.1) is 0 Å². The first kappa shape index (κ1) is 13.5. The maximum atomic E-state index is 4.42. The SMILES string of the molecule is c1cnc(N2CCC3(CCN(CC4CCC4)CC3)C2)nc1. The quantitative estimate of drug-likeness (QED) is 0.855. The summed E-state index contributed by atoms with van der Waals surface area (Å²) in [6.07, 6.45) is 12.2. The summed E-state index contributed by atoms with van der Waals surface area (Å²) in [5.41, 5.74) is 0.537. The van der Waals surface area contributed by atoms with Crippen LogP contribution in [0.4, 0.5) is 5.95 Å². The van der Waals surface area contributed by atoms with Crippen molar-refractivity contribution in [2.24, 2.45) is 11.3 Å². The molecule has 4 heteroatoms. The molecule has 3 aliphatic rings. The van der Waals surface area contributed by atoms with Gasteiger partial charge in [-0.1, -0.05) is 6.42 Å². The molecule has 0 radical (unpaired) electrons. The standard InChI is InChI=1S/C17H26N4/c1-3-15(4-1)13-20-10-5-17(6-11-20)7-12-21(14-17)16-18-8-2-9-19-16/h2,8-9,15H,1,3-7,10-14H2. The van der Waals surface area contributed by atoms with Gasteiger partial charge in [-0.25, -0.2) is 9.97 Å². The molecule has 1 aliphatic carbocycles. The van der Waals surface area contributed by atoms with E-state index in [9.17, 15) is 0 Å². The van der Waals surface area contributed by atoms with Crippen LogP contribution in [-0.4, -0.2) is 47.6 Å². The number of hydrogen-bond acceptors (Lipinski definition) is 4. The summed E-state index contributed by atoms with van der Waals surface area (Å²) in [5.74, 6) is 1.93. The summed E-state index contributed by atoms with van der Waals surface area (Å²) in [4.78, 5) is 13.9. The third-order valence-electron chi connectivity index (χ3n) is 5.93. The Morgan fingerprint density at radius 3 is 2.43 bits per heavy atom. The molecule has 2 saturated heterocycles. The highest BCUT2D eigenvalue weighted by molar-refractivity contribution is 5.31. The zero-order valence-electron chi connectivity index (χ0n) is 12.9. The zero-order chi connectivity index (χ0) is 14.1. The Morgan fingerprint density at radius 1 is 1.05 bits per heavy atom. The molecule has 0 bridgehead atoms. The molecule has 4 nitrogen and oxygen atoms in total. The molecule has 0 unspecified atom stereocenters. The van der Waals surface area contributed by atoms with E-state index in [1.807, 2.05) is 18.5 Å². The molecule has 1 aromatic heterocycles. The Bertz CT molecular complexity index is 463. The Hall–Kier alpha value is -1.16. The fourth-order valence-electron chi connectivity index (χ4n) is 4.22. The molecule has 1 saturated carbocycles. The monoisotopic (exact) mass is 286 g/mol. The van der Waals surface area contributed by atoms with Crippen molar-refractivity contribution in [2.75, 3.05) is 37.6 Å². The van der Waals surface area contributed by atoms with Crippen molar-refractivity contribution in [1.29, 1.82) is 0 Å². The summed E-state index contributed by atoms with van der Waals surface area (Å²) < 4.78 is 0. The highest BCUT2D eigenvalue weighted by Gasteiger charge is 2.41. The van der Waals surface area contributed by atoms with Gasteiger partial charge in [0.25, 0.3) is 0 Å². The van der Waals surface area contributed by atoms with E-state index in [4.69, 9.17) is 0 Å². The summed E-state index contributed by atoms with van der Waals surface area (Å²) in [6, 6.07) is 1.90. The molecule has 0 atom stereocenters. The molecule has 3 fully saturated rings. The van der Waals surface area contributed by atoms with E-state index < -0.39 is 0 Å². The average molecular weight is 286 g/mol. The lowest BCUT2D eigenvalue weighted by Crippen LogP contribution is -2.44. The number of likely N-dealkylation sites (tertiary alicyclic amines) is 1. The summed E-state index contributed by atoms with van der Waals surface area (Å²) in [5, 5.41) is 0. The topological polar surface area (TPSA) is 32.3 Å². The molecule has 4 rings (SSSR count). The minimum atomic E-state index is 0.537. The van der Waals surface area contributed by atoms with Crippen LogP contribution in [0.15, 0.2) is 18.5 Å². The highest BCUT2D eigenvalue weighted by atomic mass is 15.3. The van der Waals surface area contributed by atoms with Gasteiger partial charge >= 0.3 is 0 Å². The number of hydrogen-bond donors (Lipinski definition) is 0. The highest BCUT2D eigenvalue weighted by Crippen LogP contribution is 2.41. The molecular formula is C17H26N4. The fraction of sp³-hybridized carbons (Fsp3) is 0.765. The molecule has 114 valence electrons. The van der Waals surface area contributed by atoms with Gasteiger partial charge in [-0.2, -0.15) is 0 Å². The van der Waals surface area contributed by atoms with E-state index >= 15 is 0 Å². The first-order valence-electron chi connectivity index (χ1n) is 8.57. The maximum Gasteiger partial charge on any atom is 0.225 e. The second kappa shape index (κ2) is 5.56. The first-order valence-corrected chi connectivity index (χ1v) is 8.57. The molecule has 3 heterocycles. The van der Waals surface area contributed by atoms with Crippen LogP contribution in [0.1, 0.15) is 38.5 Å². The van der Waals surface area contributed by atoms with Crippen LogP contribution in [0.2, 0.25) is 0 Å². The minimum Gasteiger partial charge on any atom is -0.340 e. The van der Waals surface area contributed by atoms with Crippen molar-refractivity contribution in [2.45, 2.75) is 38.5 Å². The van der Waals surface area contributed by atoms with Crippen molar-refractivity contribution in [3.8, 4) is 0 Å². The zero-order valence-corrected chi connectivity index (χ0v) is 12.9. The lowest BCUT2D eigenvalue weighted by molar-refractivity contribution is 0.0904. The van der Waals surface area contributed by atoms with Gasteiger partial charge in [0.2, 0.25) is 5.95 Å². The van der Waals surface area contributed by atoms with Gasteiger partial charge in [0.1, 0.15) is 0 Å². The molecular weight excluding hydrogens is 260 g/mol. The van der Waals surface area contributed by atoms with Gasteiger partial charge in [-0.15, -0.1) is 0 Å². The minimum absolute atomic E-state index is 0.537. The smallest absolute Gasteiger partial charge is 0.225 e. The van der Waals surface area contributed by atoms with E-state index in [1.54, 1.807) is 0 Å². The van der Waals surface area contributed by atoms with Crippen molar-refractivity contribution in [3.05, 3.63) is 18.5 Å². The van der Waals surface area contributed by atoms with Crippen LogP contribution in [0, 0.1) is 11.3 Å². The molecule has 1 spiro atoms. The summed E-state index contributed by atoms with van der Waals surface area (Å²) in [6.45, 7) is 6.27. The van der Waals surface area contributed by atoms with E-state index in [-0.39, 0.29) is 0 Å². The van der Waals surface area contributed by atoms with E-state index in [0.717, 1.165) is 25.0 Å². The van der Waals surface area contributed by atoms with Gasteiger partial charge in [-0.05, 0) is 62.6 Å². The predicted molar refractivity (Wildman–Crippen MR) is 84.3 cm³/mol. The fourth-order valence-corrected chi connectivity index (χ4v) is 4.22. The van der Waals surface area contributed by atoms with Crippen molar-refractivity contribution >= 4 is 5.95 Å². The number of anilines is 1. The Kier molecular flexibility index (Phi) is 3.57. The third kappa shape index (κ3) is 2.78. The van der Waals surface area contributed by atoms with Gasteiger partial charge in [0, 0.05) is 32.0 Å². The van der Waals surface area contributed by atoms with Crippen molar-refractivity contribution in [1.82, 2.24) is 14.9 Å². The van der Waals surface area contributed by atoms with E-state index in [0.29, 0.717) is 5.41 Å². The largest absolute Gasteiger partial charge is 0.340 e. The summed E-state index contributed by atoms with van der Waals surface area (Å²) in [7, 11) is 0. The molecule has 0 aromatic carbocycles. The molecule has 1 aromatic rings. The molecule has 0 amide bonds. The molecule has 2 aliphatic heterocycles. The first-order chi connectivity index (χ1) is 10.3. The Balaban J connectivity index is 1.33. The van der Waals surface area contributed by atoms with E-state index in [1.165, 1.54) is 58.2 Å². The third-order valence-corrected chi connectivity index (χ3v) is 5.93. The Morgan fingerprint density at radius 2 is 1.76 bits per heavy atom. The maximum absolute atomic E-state index is 4.42. The Labute approximate surface area is 127 Å². The van der Waals surface area contributed by atoms with Gasteiger partial charge in [-0.3, -0.25) is 0 Å². The lowest BCUT2D eigenvalue weighted by Gasteiger charge is -2.41. The normalized spacial score (nSPS) is 26.2. The van der Waals surface area contributed by atoms with Crippen LogP contribution in [0.25, 0.3) is 0 Å². The van der Waals surface area contributed by atoms with Gasteiger partial charge in [0.15, 0.2) is 0 Å². The number of aromatic nitrogens is 2. The van der Waals surface area contributed by atoms with E-state index in [2.05, 4.69) is 19.8 Å². The molecule has 21 heavy (non-hydrogen) atoms. The van der Waals surface area contributed by atoms with Crippen LogP contribution >= 0.6 is 0 Å². The summed E-state index contributed by atoms with van der Waals surface area (Å²) >= 11 is 0. The average Bonchev–Trinajstić information content (AvgIpc) is 2.90. The molecule has 0 N–H and O–H groups in total.